The van der Waals surface area contributed by atoms with Crippen LogP contribution in [0.2, 0.25) is 0 Å². The molecule has 0 aromatic heterocycles. The maximum absolute atomic E-state index is 11.4. The molecule has 1 saturated heterocycles. The van der Waals surface area contributed by atoms with Gasteiger partial charge in [-0.1, -0.05) is 0 Å². The van der Waals surface area contributed by atoms with Crippen LogP contribution in [0.4, 0.5) is 0 Å². The number of hydrogen-bond acceptors (Lipinski definition) is 4. The molecule has 1 rings (SSSR count). The Morgan fingerprint density at radius 1 is 1.56 bits per heavy atom. The standard InChI is InChI=1S/C10H18N2O4/c11-8(1-2-9(13)14)10(15)12-5-7-3-4-16-6-7/h7-8H,1-6,11H2,(H,12,15)(H,13,14). The van der Waals surface area contributed by atoms with E-state index in [1.54, 1.807) is 0 Å². The van der Waals surface area contributed by atoms with Crippen LogP contribution in [0.5, 0.6) is 0 Å². The molecule has 1 aliphatic rings. The molecule has 2 atom stereocenters. The largest absolute Gasteiger partial charge is 0.481 e. The van der Waals surface area contributed by atoms with Crippen LogP contribution < -0.4 is 11.1 Å². The van der Waals surface area contributed by atoms with Crippen molar-refractivity contribution in [1.29, 1.82) is 0 Å². The number of nitrogens with two attached hydrogens (primary N) is 1. The molecule has 92 valence electrons. The van der Waals surface area contributed by atoms with E-state index in [4.69, 9.17) is 15.6 Å². The molecule has 6 nitrogen and oxygen atoms in total. The van der Waals surface area contributed by atoms with Crippen molar-refractivity contribution >= 4 is 11.9 Å². The van der Waals surface area contributed by atoms with Gasteiger partial charge in [-0.05, 0) is 12.8 Å². The van der Waals surface area contributed by atoms with Crippen molar-refractivity contribution in [2.75, 3.05) is 19.8 Å². The molecule has 2 unspecified atom stereocenters. The van der Waals surface area contributed by atoms with Crippen molar-refractivity contribution in [3.05, 3.63) is 0 Å². The molecule has 1 amide bonds. The van der Waals surface area contributed by atoms with E-state index in [0.717, 1.165) is 13.0 Å². The fourth-order valence-corrected chi connectivity index (χ4v) is 1.53. The highest BCUT2D eigenvalue weighted by atomic mass is 16.5. The Hall–Kier alpha value is -1.14. The van der Waals surface area contributed by atoms with Crippen LogP contribution in [0, 0.1) is 5.92 Å². The first-order chi connectivity index (χ1) is 7.59. The highest BCUT2D eigenvalue weighted by molar-refractivity contribution is 5.82. The quantitative estimate of drug-likeness (QED) is 0.561. The molecular formula is C10H18N2O4. The smallest absolute Gasteiger partial charge is 0.303 e. The summed E-state index contributed by atoms with van der Waals surface area (Å²) in [5.41, 5.74) is 5.54. The summed E-state index contributed by atoms with van der Waals surface area (Å²) in [5, 5.41) is 11.2. The Balaban J connectivity index is 2.15. The third-order valence-electron chi connectivity index (χ3n) is 2.59. The third kappa shape index (κ3) is 4.59. The van der Waals surface area contributed by atoms with Crippen LogP contribution in [0.1, 0.15) is 19.3 Å². The zero-order chi connectivity index (χ0) is 12.0. The molecular weight excluding hydrogens is 212 g/mol. The summed E-state index contributed by atoms with van der Waals surface area (Å²) in [6.45, 7) is 1.97. The van der Waals surface area contributed by atoms with Gasteiger partial charge in [0.2, 0.25) is 5.91 Å². The Labute approximate surface area is 94.1 Å². The number of hydrogen-bond donors (Lipinski definition) is 3. The van der Waals surface area contributed by atoms with Crippen molar-refractivity contribution in [1.82, 2.24) is 5.32 Å². The second kappa shape index (κ2) is 6.44. The first kappa shape index (κ1) is 12.9. The van der Waals surface area contributed by atoms with Crippen LogP contribution >= 0.6 is 0 Å². The van der Waals surface area contributed by atoms with Gasteiger partial charge >= 0.3 is 5.97 Å². The molecule has 0 saturated carbocycles. The molecule has 0 aliphatic carbocycles. The maximum Gasteiger partial charge on any atom is 0.303 e. The summed E-state index contributed by atoms with van der Waals surface area (Å²) in [6.07, 6.45) is 1.04. The minimum atomic E-state index is -0.938. The van der Waals surface area contributed by atoms with Gasteiger partial charge in [0.05, 0.1) is 12.6 Å². The van der Waals surface area contributed by atoms with Gasteiger partial charge in [0.1, 0.15) is 0 Å². The second-order valence-corrected chi connectivity index (χ2v) is 4.01. The van der Waals surface area contributed by atoms with E-state index in [-0.39, 0.29) is 18.7 Å². The van der Waals surface area contributed by atoms with Gasteiger partial charge in [0.25, 0.3) is 0 Å². The molecule has 0 bridgehead atoms. The van der Waals surface area contributed by atoms with Crippen LogP contribution in [0.15, 0.2) is 0 Å². The predicted molar refractivity (Wildman–Crippen MR) is 56.8 cm³/mol. The number of carbonyl (C=O) groups excluding carboxylic acids is 1. The monoisotopic (exact) mass is 230 g/mol. The minimum Gasteiger partial charge on any atom is -0.481 e. The number of carbonyl (C=O) groups is 2. The molecule has 6 heteroatoms. The lowest BCUT2D eigenvalue weighted by atomic mass is 10.1. The van der Waals surface area contributed by atoms with Crippen molar-refractivity contribution in [2.45, 2.75) is 25.3 Å². The molecule has 0 radical (unpaired) electrons. The van der Waals surface area contributed by atoms with Crippen LogP contribution in [0.3, 0.4) is 0 Å². The van der Waals surface area contributed by atoms with Gasteiger partial charge in [0.15, 0.2) is 0 Å². The van der Waals surface area contributed by atoms with E-state index < -0.39 is 12.0 Å². The third-order valence-corrected chi connectivity index (χ3v) is 2.59. The Bertz CT molecular complexity index is 251. The number of amides is 1. The van der Waals surface area contributed by atoms with E-state index in [1.165, 1.54) is 0 Å². The number of ether oxygens (including phenoxy) is 1. The van der Waals surface area contributed by atoms with Crippen molar-refractivity contribution in [3.8, 4) is 0 Å². The number of nitrogens with one attached hydrogen (secondary N) is 1. The van der Waals surface area contributed by atoms with Crippen molar-refractivity contribution in [3.63, 3.8) is 0 Å². The molecule has 0 aromatic carbocycles. The predicted octanol–water partition coefficient (Wildman–Crippen LogP) is -0.669. The van der Waals surface area contributed by atoms with E-state index in [1.807, 2.05) is 0 Å². The first-order valence-electron chi connectivity index (χ1n) is 5.42. The van der Waals surface area contributed by atoms with Crippen LogP contribution in [-0.4, -0.2) is 42.8 Å². The zero-order valence-corrected chi connectivity index (χ0v) is 9.15. The summed E-state index contributed by atoms with van der Waals surface area (Å²) in [5.74, 6) is -0.865. The van der Waals surface area contributed by atoms with E-state index in [9.17, 15) is 9.59 Å². The highest BCUT2D eigenvalue weighted by Crippen LogP contribution is 2.10. The van der Waals surface area contributed by atoms with Gasteiger partial charge in [-0.3, -0.25) is 9.59 Å². The SMILES string of the molecule is NC(CCC(=O)O)C(=O)NCC1CCOC1. The highest BCUT2D eigenvalue weighted by Gasteiger charge is 2.19. The molecule has 16 heavy (non-hydrogen) atoms. The summed E-state index contributed by atoms with van der Waals surface area (Å²) in [4.78, 5) is 21.7. The molecule has 1 aliphatic heterocycles. The number of rotatable bonds is 6. The molecule has 4 N–H and O–H groups in total. The number of carboxylic acid groups (broad SMARTS) is 1. The average Bonchev–Trinajstić information content (AvgIpc) is 2.75. The van der Waals surface area contributed by atoms with Crippen molar-refractivity contribution in [2.24, 2.45) is 11.7 Å². The number of aliphatic carboxylic acids is 1. The minimum absolute atomic E-state index is 0.0822. The van der Waals surface area contributed by atoms with E-state index in [0.29, 0.717) is 19.1 Å². The fourth-order valence-electron chi connectivity index (χ4n) is 1.53. The second-order valence-electron chi connectivity index (χ2n) is 4.01. The summed E-state index contributed by atoms with van der Waals surface area (Å²) in [7, 11) is 0. The lowest BCUT2D eigenvalue weighted by Crippen LogP contribution is -2.42. The summed E-state index contributed by atoms with van der Waals surface area (Å²) >= 11 is 0. The molecule has 1 fully saturated rings. The Kier molecular flexibility index (Phi) is 5.21. The van der Waals surface area contributed by atoms with Crippen LogP contribution in [-0.2, 0) is 14.3 Å². The zero-order valence-electron chi connectivity index (χ0n) is 9.15. The topological polar surface area (TPSA) is 102 Å². The maximum atomic E-state index is 11.4. The Morgan fingerprint density at radius 3 is 2.88 bits per heavy atom. The lowest BCUT2D eigenvalue weighted by Gasteiger charge is -2.13. The fraction of sp³-hybridized carbons (Fsp3) is 0.800. The normalized spacial score (nSPS) is 21.7. The van der Waals surface area contributed by atoms with Gasteiger partial charge in [0, 0.05) is 25.5 Å². The van der Waals surface area contributed by atoms with E-state index >= 15 is 0 Å². The first-order valence-corrected chi connectivity index (χ1v) is 5.42. The van der Waals surface area contributed by atoms with Gasteiger partial charge in [-0.25, -0.2) is 0 Å². The van der Waals surface area contributed by atoms with Crippen molar-refractivity contribution < 1.29 is 19.4 Å². The number of carboxylic acids is 1. The van der Waals surface area contributed by atoms with Crippen LogP contribution in [0.25, 0.3) is 0 Å². The van der Waals surface area contributed by atoms with Gasteiger partial charge in [-0.15, -0.1) is 0 Å². The van der Waals surface area contributed by atoms with E-state index in [2.05, 4.69) is 5.32 Å². The lowest BCUT2D eigenvalue weighted by molar-refractivity contribution is -0.137. The molecule has 0 aromatic rings. The molecule has 1 heterocycles. The van der Waals surface area contributed by atoms with Gasteiger partial charge in [-0.2, -0.15) is 0 Å². The summed E-state index contributed by atoms with van der Waals surface area (Å²) in [6, 6.07) is -0.738. The average molecular weight is 230 g/mol. The summed E-state index contributed by atoms with van der Waals surface area (Å²) < 4.78 is 5.17. The Morgan fingerprint density at radius 2 is 2.31 bits per heavy atom. The molecule has 0 spiro atoms. The van der Waals surface area contributed by atoms with Gasteiger partial charge < -0.3 is 20.9 Å².